The van der Waals surface area contributed by atoms with Crippen LogP contribution < -0.4 is 5.32 Å². The Hall–Kier alpha value is -1.60. The molecule has 19 heavy (non-hydrogen) atoms. The summed E-state index contributed by atoms with van der Waals surface area (Å²) in [4.78, 5) is 33.1. The molecule has 8 heteroatoms. The summed E-state index contributed by atoms with van der Waals surface area (Å²) < 4.78 is 0.479. The first-order valence-corrected chi connectivity index (χ1v) is 6.19. The minimum Gasteiger partial charge on any atom is -0.481 e. The van der Waals surface area contributed by atoms with Gasteiger partial charge in [0.05, 0.1) is 11.4 Å². The van der Waals surface area contributed by atoms with Crippen molar-refractivity contribution in [2.75, 3.05) is 0 Å². The molecule has 0 aliphatic heterocycles. The molecule has 3 N–H and O–H groups in total. The van der Waals surface area contributed by atoms with Gasteiger partial charge >= 0.3 is 11.9 Å². The van der Waals surface area contributed by atoms with Gasteiger partial charge in [-0.1, -0.05) is 11.6 Å². The molecule has 0 spiro atoms. The lowest BCUT2D eigenvalue weighted by atomic mass is 10.1. The number of hydrogen-bond acceptors (Lipinski definition) is 3. The molecule has 0 unspecified atom stereocenters. The number of amides is 1. The third-order valence-electron chi connectivity index (χ3n) is 2.16. The molecule has 1 amide bonds. The SMILES string of the molecule is O=C(O)C[C@@H](NC(=O)c1ccc(Cl)c(Br)c1)C(=O)O. The summed E-state index contributed by atoms with van der Waals surface area (Å²) in [7, 11) is 0. The van der Waals surface area contributed by atoms with E-state index in [0.717, 1.165) is 0 Å². The Labute approximate surface area is 121 Å². The Bertz CT molecular complexity index is 534. The second-order valence-electron chi connectivity index (χ2n) is 3.59. The van der Waals surface area contributed by atoms with Crippen LogP contribution in [0.4, 0.5) is 0 Å². The summed E-state index contributed by atoms with van der Waals surface area (Å²) in [5.41, 5.74) is 0.174. The van der Waals surface area contributed by atoms with E-state index in [0.29, 0.717) is 9.50 Å². The topological polar surface area (TPSA) is 104 Å². The van der Waals surface area contributed by atoms with E-state index in [2.05, 4.69) is 21.2 Å². The van der Waals surface area contributed by atoms with Gasteiger partial charge in [-0.2, -0.15) is 0 Å². The third kappa shape index (κ3) is 4.53. The normalized spacial score (nSPS) is 11.7. The van der Waals surface area contributed by atoms with Crippen LogP contribution in [0.3, 0.4) is 0 Å². The van der Waals surface area contributed by atoms with Crippen LogP contribution in [0.25, 0.3) is 0 Å². The molecule has 1 aromatic carbocycles. The maximum absolute atomic E-state index is 11.8. The van der Waals surface area contributed by atoms with E-state index in [-0.39, 0.29) is 5.56 Å². The molecule has 6 nitrogen and oxygen atoms in total. The van der Waals surface area contributed by atoms with Crippen LogP contribution in [0.5, 0.6) is 0 Å². The molecule has 0 aliphatic carbocycles. The largest absolute Gasteiger partial charge is 0.481 e. The van der Waals surface area contributed by atoms with Gasteiger partial charge in [0.1, 0.15) is 6.04 Å². The van der Waals surface area contributed by atoms with Gasteiger partial charge in [0.2, 0.25) is 0 Å². The Balaban J connectivity index is 2.84. The van der Waals surface area contributed by atoms with E-state index < -0.39 is 30.3 Å². The number of carboxylic acids is 2. The maximum atomic E-state index is 11.8. The number of carbonyl (C=O) groups is 3. The Kier molecular flexibility index (Phi) is 5.31. The summed E-state index contributed by atoms with van der Waals surface area (Å²) in [6.07, 6.45) is -0.699. The number of rotatable bonds is 5. The van der Waals surface area contributed by atoms with Crippen LogP contribution in [0.2, 0.25) is 5.02 Å². The minimum atomic E-state index is -1.49. The lowest BCUT2D eigenvalue weighted by Crippen LogP contribution is -2.42. The van der Waals surface area contributed by atoms with Gasteiger partial charge in [0, 0.05) is 10.0 Å². The standard InChI is InChI=1S/C11H9BrClNO5/c12-6-3-5(1-2-7(6)13)10(17)14-8(11(18)19)4-9(15)16/h1-3,8H,4H2,(H,14,17)(H,15,16)(H,18,19)/t8-/m1/s1. The fourth-order valence-corrected chi connectivity index (χ4v) is 1.75. The first-order chi connectivity index (χ1) is 8.81. The fraction of sp³-hybridized carbons (Fsp3) is 0.182. The van der Waals surface area contributed by atoms with E-state index in [1.165, 1.54) is 18.2 Å². The van der Waals surface area contributed by atoms with Gasteiger partial charge in [0.25, 0.3) is 5.91 Å². The van der Waals surface area contributed by atoms with Gasteiger partial charge in [-0.05, 0) is 34.1 Å². The van der Waals surface area contributed by atoms with Crippen LogP contribution in [-0.2, 0) is 9.59 Å². The molecule has 0 saturated carbocycles. The second-order valence-corrected chi connectivity index (χ2v) is 4.85. The molecule has 0 saturated heterocycles. The van der Waals surface area contributed by atoms with Crippen LogP contribution >= 0.6 is 27.5 Å². The van der Waals surface area contributed by atoms with Gasteiger partial charge in [-0.25, -0.2) is 4.79 Å². The first-order valence-electron chi connectivity index (χ1n) is 5.01. The molecule has 1 aromatic rings. The van der Waals surface area contributed by atoms with Crippen molar-refractivity contribution in [3.05, 3.63) is 33.3 Å². The van der Waals surface area contributed by atoms with Gasteiger partial charge < -0.3 is 15.5 Å². The number of carbonyl (C=O) groups excluding carboxylic acids is 1. The number of carboxylic acid groups (broad SMARTS) is 2. The average Bonchev–Trinajstić information content (AvgIpc) is 2.31. The molecule has 102 valence electrons. The molecule has 1 rings (SSSR count). The molecular weight excluding hydrogens is 341 g/mol. The molecule has 0 aromatic heterocycles. The smallest absolute Gasteiger partial charge is 0.326 e. The molecular formula is C11H9BrClNO5. The van der Waals surface area contributed by atoms with E-state index in [1.807, 2.05) is 0 Å². The van der Waals surface area contributed by atoms with Crippen molar-refractivity contribution < 1.29 is 24.6 Å². The average molecular weight is 351 g/mol. The molecule has 1 atom stereocenters. The monoisotopic (exact) mass is 349 g/mol. The van der Waals surface area contributed by atoms with Gasteiger partial charge in [-0.3, -0.25) is 9.59 Å². The number of hydrogen-bond donors (Lipinski definition) is 3. The quantitative estimate of drug-likeness (QED) is 0.751. The van der Waals surface area contributed by atoms with Crippen molar-refractivity contribution in [2.45, 2.75) is 12.5 Å². The van der Waals surface area contributed by atoms with E-state index in [9.17, 15) is 14.4 Å². The highest BCUT2D eigenvalue weighted by molar-refractivity contribution is 9.10. The van der Waals surface area contributed by atoms with Crippen LogP contribution in [0.1, 0.15) is 16.8 Å². The first kappa shape index (κ1) is 15.5. The van der Waals surface area contributed by atoms with Crippen molar-refractivity contribution in [3.63, 3.8) is 0 Å². The third-order valence-corrected chi connectivity index (χ3v) is 3.38. The molecule has 0 bridgehead atoms. The summed E-state index contributed by atoms with van der Waals surface area (Å²) in [6, 6.07) is 2.80. The van der Waals surface area contributed by atoms with Crippen molar-refractivity contribution in [1.82, 2.24) is 5.32 Å². The van der Waals surface area contributed by atoms with Crippen molar-refractivity contribution >= 4 is 45.4 Å². The molecule has 0 radical (unpaired) electrons. The van der Waals surface area contributed by atoms with Crippen LogP contribution in [0.15, 0.2) is 22.7 Å². The summed E-state index contributed by atoms with van der Waals surface area (Å²) >= 11 is 8.89. The fourth-order valence-electron chi connectivity index (χ4n) is 1.25. The summed E-state index contributed by atoms with van der Waals surface area (Å²) in [6.45, 7) is 0. The number of halogens is 2. The number of aliphatic carboxylic acids is 2. The zero-order valence-electron chi connectivity index (χ0n) is 9.39. The van der Waals surface area contributed by atoms with E-state index >= 15 is 0 Å². The van der Waals surface area contributed by atoms with Crippen LogP contribution in [0, 0.1) is 0 Å². The van der Waals surface area contributed by atoms with Gasteiger partial charge in [0.15, 0.2) is 0 Å². The highest BCUT2D eigenvalue weighted by Gasteiger charge is 2.23. The molecule has 0 heterocycles. The van der Waals surface area contributed by atoms with Crippen molar-refractivity contribution in [3.8, 4) is 0 Å². The lowest BCUT2D eigenvalue weighted by Gasteiger charge is -2.12. The maximum Gasteiger partial charge on any atom is 0.326 e. The Morgan fingerprint density at radius 3 is 2.42 bits per heavy atom. The van der Waals surface area contributed by atoms with E-state index in [4.69, 9.17) is 21.8 Å². The summed E-state index contributed by atoms with van der Waals surface area (Å²) in [5.74, 6) is -3.42. The van der Waals surface area contributed by atoms with Crippen molar-refractivity contribution in [1.29, 1.82) is 0 Å². The Morgan fingerprint density at radius 1 is 1.32 bits per heavy atom. The highest BCUT2D eigenvalue weighted by Crippen LogP contribution is 2.23. The number of benzene rings is 1. The predicted molar refractivity (Wildman–Crippen MR) is 70.3 cm³/mol. The summed E-state index contributed by atoms with van der Waals surface area (Å²) in [5, 5.41) is 19.9. The lowest BCUT2D eigenvalue weighted by molar-refractivity contribution is -0.145. The second kappa shape index (κ2) is 6.53. The predicted octanol–water partition coefficient (Wildman–Crippen LogP) is 1.76. The van der Waals surface area contributed by atoms with Crippen LogP contribution in [-0.4, -0.2) is 34.1 Å². The molecule has 0 aliphatic rings. The van der Waals surface area contributed by atoms with Crippen molar-refractivity contribution in [2.24, 2.45) is 0 Å². The zero-order valence-corrected chi connectivity index (χ0v) is 11.7. The molecule has 0 fully saturated rings. The Morgan fingerprint density at radius 2 is 1.95 bits per heavy atom. The highest BCUT2D eigenvalue weighted by atomic mass is 79.9. The minimum absolute atomic E-state index is 0.174. The number of nitrogens with one attached hydrogen (secondary N) is 1. The zero-order chi connectivity index (χ0) is 14.6. The van der Waals surface area contributed by atoms with E-state index in [1.54, 1.807) is 0 Å². The van der Waals surface area contributed by atoms with Gasteiger partial charge in [-0.15, -0.1) is 0 Å².